The molecule has 0 atom stereocenters. The van der Waals surface area contributed by atoms with Gasteiger partial charge in [0.15, 0.2) is 0 Å². The van der Waals surface area contributed by atoms with Crippen molar-refractivity contribution in [2.45, 2.75) is 13.5 Å². The van der Waals surface area contributed by atoms with Gasteiger partial charge >= 0.3 is 0 Å². The van der Waals surface area contributed by atoms with Crippen LogP contribution in [0.2, 0.25) is 0 Å². The molecule has 0 unspecified atom stereocenters. The Kier molecular flexibility index (Phi) is 2.56. The van der Waals surface area contributed by atoms with Crippen molar-refractivity contribution in [3.8, 4) is 0 Å². The van der Waals surface area contributed by atoms with Gasteiger partial charge in [0.05, 0.1) is 12.2 Å². The van der Waals surface area contributed by atoms with E-state index in [9.17, 15) is 4.79 Å². The van der Waals surface area contributed by atoms with Crippen molar-refractivity contribution >= 4 is 11.3 Å². The third-order valence-corrected chi connectivity index (χ3v) is 2.92. The standard InChI is InChI=1S/C13H13N5O/c1-9-6-11-13(19)17(4-5-18(11)16-9)8-10-2-3-15-12(14)7-10/h2-7H,8H2,1H3,(H2,14,15). The van der Waals surface area contributed by atoms with Crippen molar-refractivity contribution in [1.29, 1.82) is 0 Å². The molecule has 96 valence electrons. The first-order chi connectivity index (χ1) is 9.13. The number of aryl methyl sites for hydroxylation is 1. The van der Waals surface area contributed by atoms with E-state index in [1.807, 2.05) is 13.0 Å². The molecule has 0 aliphatic rings. The molecule has 0 amide bonds. The van der Waals surface area contributed by atoms with Crippen molar-refractivity contribution < 1.29 is 0 Å². The maximum atomic E-state index is 12.3. The number of aromatic nitrogens is 4. The van der Waals surface area contributed by atoms with Gasteiger partial charge in [0.1, 0.15) is 11.3 Å². The van der Waals surface area contributed by atoms with E-state index in [4.69, 9.17) is 5.73 Å². The average Bonchev–Trinajstić information content (AvgIpc) is 2.75. The van der Waals surface area contributed by atoms with Crippen LogP contribution in [0, 0.1) is 6.92 Å². The van der Waals surface area contributed by atoms with Gasteiger partial charge in [-0.05, 0) is 30.7 Å². The van der Waals surface area contributed by atoms with Gasteiger partial charge in [-0.2, -0.15) is 5.10 Å². The largest absolute Gasteiger partial charge is 0.384 e. The molecule has 6 nitrogen and oxygen atoms in total. The maximum Gasteiger partial charge on any atom is 0.276 e. The molecule has 3 rings (SSSR count). The number of fused-ring (bicyclic) bond motifs is 1. The first kappa shape index (κ1) is 11.5. The van der Waals surface area contributed by atoms with E-state index >= 15 is 0 Å². The van der Waals surface area contributed by atoms with Crippen LogP contribution < -0.4 is 11.3 Å². The molecular weight excluding hydrogens is 242 g/mol. The first-order valence-corrected chi connectivity index (χ1v) is 5.89. The fourth-order valence-corrected chi connectivity index (χ4v) is 2.06. The zero-order valence-corrected chi connectivity index (χ0v) is 10.4. The van der Waals surface area contributed by atoms with E-state index in [-0.39, 0.29) is 5.56 Å². The zero-order valence-electron chi connectivity index (χ0n) is 10.4. The van der Waals surface area contributed by atoms with Crippen LogP contribution in [-0.2, 0) is 6.54 Å². The van der Waals surface area contributed by atoms with Crippen molar-refractivity contribution in [3.05, 3.63) is 58.4 Å². The number of nitrogen functional groups attached to an aromatic ring is 1. The highest BCUT2D eigenvalue weighted by Gasteiger charge is 2.06. The summed E-state index contributed by atoms with van der Waals surface area (Å²) in [7, 11) is 0. The Balaban J connectivity index is 2.06. The molecule has 0 bridgehead atoms. The second kappa shape index (κ2) is 4.24. The fraction of sp³-hybridized carbons (Fsp3) is 0.154. The number of rotatable bonds is 2. The lowest BCUT2D eigenvalue weighted by Gasteiger charge is -2.06. The van der Waals surface area contributed by atoms with Crippen LogP contribution in [0.5, 0.6) is 0 Å². The minimum absolute atomic E-state index is 0.0708. The predicted octanol–water partition coefficient (Wildman–Crippen LogP) is 0.830. The number of nitrogens with zero attached hydrogens (tertiary/aromatic N) is 4. The number of hydrogen-bond acceptors (Lipinski definition) is 4. The van der Waals surface area contributed by atoms with Crippen LogP contribution in [0.3, 0.4) is 0 Å². The Labute approximate surface area is 109 Å². The fourth-order valence-electron chi connectivity index (χ4n) is 2.06. The summed E-state index contributed by atoms with van der Waals surface area (Å²) in [6.45, 7) is 2.33. The minimum atomic E-state index is -0.0708. The second-order valence-electron chi connectivity index (χ2n) is 4.44. The number of anilines is 1. The lowest BCUT2D eigenvalue weighted by Crippen LogP contribution is -2.21. The molecule has 3 aromatic rings. The minimum Gasteiger partial charge on any atom is -0.384 e. The second-order valence-corrected chi connectivity index (χ2v) is 4.44. The third kappa shape index (κ3) is 2.08. The molecule has 3 heterocycles. The molecule has 0 saturated carbocycles. The Morgan fingerprint density at radius 2 is 2.16 bits per heavy atom. The third-order valence-electron chi connectivity index (χ3n) is 2.92. The van der Waals surface area contributed by atoms with Gasteiger partial charge in [-0.15, -0.1) is 0 Å². The van der Waals surface area contributed by atoms with Gasteiger partial charge in [-0.1, -0.05) is 0 Å². The van der Waals surface area contributed by atoms with Crippen LogP contribution >= 0.6 is 0 Å². The van der Waals surface area contributed by atoms with Crippen molar-refractivity contribution in [2.75, 3.05) is 5.73 Å². The summed E-state index contributed by atoms with van der Waals surface area (Å²) < 4.78 is 3.22. The van der Waals surface area contributed by atoms with E-state index in [0.717, 1.165) is 11.3 Å². The summed E-state index contributed by atoms with van der Waals surface area (Å²) in [4.78, 5) is 16.2. The Hall–Kier alpha value is -2.63. The van der Waals surface area contributed by atoms with E-state index < -0.39 is 0 Å². The van der Waals surface area contributed by atoms with Crippen LogP contribution in [0.4, 0.5) is 5.82 Å². The summed E-state index contributed by atoms with van der Waals surface area (Å²) in [5, 5.41) is 4.21. The average molecular weight is 255 g/mol. The molecule has 0 aromatic carbocycles. The van der Waals surface area contributed by atoms with Crippen molar-refractivity contribution in [3.63, 3.8) is 0 Å². The maximum absolute atomic E-state index is 12.3. The molecular formula is C13H13N5O. The number of hydrogen-bond donors (Lipinski definition) is 1. The number of nitrogens with two attached hydrogens (primary N) is 1. The van der Waals surface area contributed by atoms with Crippen LogP contribution in [0.25, 0.3) is 5.52 Å². The molecule has 0 aliphatic heterocycles. The van der Waals surface area contributed by atoms with Gasteiger partial charge in [-0.3, -0.25) is 4.79 Å². The summed E-state index contributed by atoms with van der Waals surface area (Å²) in [5.74, 6) is 0.451. The van der Waals surface area contributed by atoms with Gasteiger partial charge in [0.2, 0.25) is 0 Å². The molecule has 0 fully saturated rings. The lowest BCUT2D eigenvalue weighted by atomic mass is 10.2. The van der Waals surface area contributed by atoms with Crippen molar-refractivity contribution in [2.24, 2.45) is 0 Å². The van der Waals surface area contributed by atoms with Gasteiger partial charge in [0, 0.05) is 18.6 Å². The van der Waals surface area contributed by atoms with E-state index in [1.54, 1.807) is 39.8 Å². The van der Waals surface area contributed by atoms with Gasteiger partial charge in [0.25, 0.3) is 5.56 Å². The summed E-state index contributed by atoms with van der Waals surface area (Å²) in [6, 6.07) is 5.38. The monoisotopic (exact) mass is 255 g/mol. The Bertz CT molecular complexity index is 802. The summed E-state index contributed by atoms with van der Waals surface area (Å²) in [6.07, 6.45) is 5.13. The van der Waals surface area contributed by atoms with Crippen LogP contribution in [-0.4, -0.2) is 19.2 Å². The SMILES string of the molecule is Cc1cc2c(=O)n(Cc3ccnc(N)c3)ccn2n1. The molecule has 0 radical (unpaired) electrons. The van der Waals surface area contributed by atoms with Gasteiger partial charge in [-0.25, -0.2) is 9.50 Å². The highest BCUT2D eigenvalue weighted by Crippen LogP contribution is 2.05. The summed E-state index contributed by atoms with van der Waals surface area (Å²) >= 11 is 0. The Morgan fingerprint density at radius 1 is 1.32 bits per heavy atom. The summed E-state index contributed by atoms with van der Waals surface area (Å²) in [5.41, 5.74) is 7.89. The molecule has 0 saturated heterocycles. The zero-order chi connectivity index (χ0) is 13.4. The van der Waals surface area contributed by atoms with E-state index in [2.05, 4.69) is 10.1 Å². The lowest BCUT2D eigenvalue weighted by molar-refractivity contribution is 0.741. The highest BCUT2D eigenvalue weighted by molar-refractivity contribution is 5.45. The molecule has 6 heteroatoms. The predicted molar refractivity (Wildman–Crippen MR) is 71.9 cm³/mol. The number of pyridine rings is 1. The Morgan fingerprint density at radius 3 is 2.95 bits per heavy atom. The topological polar surface area (TPSA) is 78.2 Å². The van der Waals surface area contributed by atoms with Gasteiger partial charge < -0.3 is 10.3 Å². The van der Waals surface area contributed by atoms with E-state index in [1.165, 1.54) is 0 Å². The smallest absolute Gasteiger partial charge is 0.276 e. The van der Waals surface area contributed by atoms with Crippen molar-refractivity contribution in [1.82, 2.24) is 19.2 Å². The van der Waals surface area contributed by atoms with E-state index in [0.29, 0.717) is 17.9 Å². The molecule has 2 N–H and O–H groups in total. The normalized spacial score (nSPS) is 11.0. The molecule has 0 spiro atoms. The highest BCUT2D eigenvalue weighted by atomic mass is 16.1. The van der Waals surface area contributed by atoms with Crippen LogP contribution in [0.15, 0.2) is 41.6 Å². The molecule has 19 heavy (non-hydrogen) atoms. The molecule has 3 aromatic heterocycles. The molecule has 0 aliphatic carbocycles. The first-order valence-electron chi connectivity index (χ1n) is 5.89. The van der Waals surface area contributed by atoms with Crippen LogP contribution in [0.1, 0.15) is 11.3 Å². The quantitative estimate of drug-likeness (QED) is 0.735.